The number of carbonyl (C=O) groups is 1. The lowest BCUT2D eigenvalue weighted by molar-refractivity contribution is -0.116. The van der Waals surface area contributed by atoms with Crippen molar-refractivity contribution in [2.24, 2.45) is 17.8 Å². The van der Waals surface area contributed by atoms with E-state index in [4.69, 9.17) is 11.6 Å². The van der Waals surface area contributed by atoms with Gasteiger partial charge in [0.25, 0.3) is 0 Å². The van der Waals surface area contributed by atoms with E-state index in [0.29, 0.717) is 0 Å². The van der Waals surface area contributed by atoms with Gasteiger partial charge in [0.15, 0.2) is 0 Å². The molecule has 0 atom stereocenters. The first-order valence-electron chi connectivity index (χ1n) is 6.46. The lowest BCUT2D eigenvalue weighted by Gasteiger charge is -2.34. The quantitative estimate of drug-likeness (QED) is 0.650. The summed E-state index contributed by atoms with van der Waals surface area (Å²) in [5, 5.41) is -0.0999. The van der Waals surface area contributed by atoms with Crippen LogP contribution in [-0.2, 0) is 4.79 Å². The minimum Gasteiger partial charge on any atom is -0.281 e. The molecule has 0 N–H and O–H groups in total. The molecular weight excluding hydrogens is 208 g/mol. The van der Waals surface area contributed by atoms with Crippen LogP contribution in [0.1, 0.15) is 57.8 Å². The van der Waals surface area contributed by atoms with Crippen molar-refractivity contribution in [3.8, 4) is 0 Å². The van der Waals surface area contributed by atoms with Crippen LogP contribution in [0.15, 0.2) is 0 Å². The molecule has 0 bridgehead atoms. The smallest absolute Gasteiger partial charge is 0.224 e. The SMILES string of the molecule is O=C(Cl)C1CCC(C2CCCCC2)CC1. The van der Waals surface area contributed by atoms with Gasteiger partial charge in [-0.05, 0) is 49.1 Å². The van der Waals surface area contributed by atoms with Gasteiger partial charge >= 0.3 is 0 Å². The third kappa shape index (κ3) is 2.96. The molecule has 2 rings (SSSR count). The molecule has 2 aliphatic rings. The largest absolute Gasteiger partial charge is 0.281 e. The van der Waals surface area contributed by atoms with Crippen molar-refractivity contribution in [3.63, 3.8) is 0 Å². The standard InChI is InChI=1S/C13H21ClO/c14-13(15)12-8-6-11(7-9-12)10-4-2-1-3-5-10/h10-12H,1-9H2. The maximum Gasteiger partial charge on any atom is 0.224 e. The highest BCUT2D eigenvalue weighted by molar-refractivity contribution is 6.63. The topological polar surface area (TPSA) is 17.1 Å². The monoisotopic (exact) mass is 228 g/mol. The zero-order chi connectivity index (χ0) is 10.7. The maximum absolute atomic E-state index is 11.0. The lowest BCUT2D eigenvalue weighted by atomic mass is 9.71. The van der Waals surface area contributed by atoms with Crippen molar-refractivity contribution < 1.29 is 4.79 Å². The highest BCUT2D eigenvalue weighted by atomic mass is 35.5. The zero-order valence-corrected chi connectivity index (χ0v) is 10.1. The molecule has 2 aliphatic carbocycles. The van der Waals surface area contributed by atoms with Crippen LogP contribution in [0.5, 0.6) is 0 Å². The number of carbonyl (C=O) groups excluding carboxylic acids is 1. The van der Waals surface area contributed by atoms with Gasteiger partial charge in [0.1, 0.15) is 0 Å². The van der Waals surface area contributed by atoms with Crippen molar-refractivity contribution in [3.05, 3.63) is 0 Å². The predicted molar refractivity (Wildman–Crippen MR) is 62.9 cm³/mol. The normalized spacial score (nSPS) is 33.9. The molecule has 15 heavy (non-hydrogen) atoms. The minimum atomic E-state index is -0.0999. The van der Waals surface area contributed by atoms with Gasteiger partial charge in [-0.2, -0.15) is 0 Å². The van der Waals surface area contributed by atoms with Crippen LogP contribution in [0.3, 0.4) is 0 Å². The first kappa shape index (κ1) is 11.4. The summed E-state index contributed by atoms with van der Waals surface area (Å²) in [7, 11) is 0. The summed E-state index contributed by atoms with van der Waals surface area (Å²) in [6, 6.07) is 0. The molecule has 0 amide bonds. The average Bonchev–Trinajstić information content (AvgIpc) is 2.30. The Morgan fingerprint density at radius 2 is 1.33 bits per heavy atom. The first-order chi connectivity index (χ1) is 7.27. The number of rotatable bonds is 2. The van der Waals surface area contributed by atoms with Crippen molar-refractivity contribution in [1.29, 1.82) is 0 Å². The fraction of sp³-hybridized carbons (Fsp3) is 0.923. The summed E-state index contributed by atoms with van der Waals surface area (Å²) in [6.07, 6.45) is 11.7. The average molecular weight is 229 g/mol. The molecule has 1 nitrogen and oxygen atoms in total. The van der Waals surface area contributed by atoms with Crippen LogP contribution in [0.2, 0.25) is 0 Å². The molecule has 0 saturated heterocycles. The van der Waals surface area contributed by atoms with Crippen LogP contribution in [0, 0.1) is 17.8 Å². The second-order valence-corrected chi connectivity index (χ2v) is 5.69. The van der Waals surface area contributed by atoms with Gasteiger partial charge < -0.3 is 0 Å². The van der Waals surface area contributed by atoms with E-state index in [-0.39, 0.29) is 11.2 Å². The summed E-state index contributed by atoms with van der Waals surface area (Å²) in [5.74, 6) is 2.04. The van der Waals surface area contributed by atoms with Gasteiger partial charge in [-0.25, -0.2) is 0 Å². The highest BCUT2D eigenvalue weighted by Crippen LogP contribution is 2.40. The summed E-state index contributed by atoms with van der Waals surface area (Å²) in [4.78, 5) is 11.0. The molecular formula is C13H21ClO. The molecule has 0 radical (unpaired) electrons. The summed E-state index contributed by atoms with van der Waals surface area (Å²) >= 11 is 5.55. The first-order valence-corrected chi connectivity index (χ1v) is 6.84. The van der Waals surface area contributed by atoms with Gasteiger partial charge in [0.05, 0.1) is 0 Å². The summed E-state index contributed by atoms with van der Waals surface area (Å²) in [6.45, 7) is 0. The Bertz CT molecular complexity index is 213. The molecule has 0 heterocycles. The Morgan fingerprint density at radius 1 is 0.800 bits per heavy atom. The van der Waals surface area contributed by atoms with Crippen LogP contribution in [-0.4, -0.2) is 5.24 Å². The van der Waals surface area contributed by atoms with Crippen molar-refractivity contribution in [2.45, 2.75) is 57.8 Å². The zero-order valence-electron chi connectivity index (χ0n) is 9.38. The fourth-order valence-electron chi connectivity index (χ4n) is 3.42. The lowest BCUT2D eigenvalue weighted by Crippen LogP contribution is -2.25. The second-order valence-electron chi connectivity index (χ2n) is 5.31. The Kier molecular flexibility index (Phi) is 4.07. The molecule has 0 aromatic carbocycles. The van der Waals surface area contributed by atoms with Gasteiger partial charge in [0.2, 0.25) is 5.24 Å². The fourth-order valence-corrected chi connectivity index (χ4v) is 3.64. The van der Waals surface area contributed by atoms with Crippen molar-refractivity contribution in [1.82, 2.24) is 0 Å². The predicted octanol–water partition coefficient (Wildman–Crippen LogP) is 4.14. The molecule has 0 spiro atoms. The number of hydrogen-bond acceptors (Lipinski definition) is 1. The Hall–Kier alpha value is -0.0400. The third-order valence-electron chi connectivity index (χ3n) is 4.41. The molecule has 2 heteroatoms. The molecule has 2 saturated carbocycles. The van der Waals surface area contributed by atoms with Crippen LogP contribution in [0.25, 0.3) is 0 Å². The van der Waals surface area contributed by atoms with Gasteiger partial charge in [-0.15, -0.1) is 0 Å². The molecule has 0 aromatic heterocycles. The third-order valence-corrected chi connectivity index (χ3v) is 4.72. The van der Waals surface area contributed by atoms with E-state index in [0.717, 1.165) is 24.7 Å². The van der Waals surface area contributed by atoms with Gasteiger partial charge in [-0.3, -0.25) is 4.79 Å². The van der Waals surface area contributed by atoms with E-state index >= 15 is 0 Å². The number of halogens is 1. The van der Waals surface area contributed by atoms with E-state index in [9.17, 15) is 4.79 Å². The van der Waals surface area contributed by atoms with E-state index in [1.54, 1.807) is 0 Å². The van der Waals surface area contributed by atoms with E-state index in [1.807, 2.05) is 0 Å². The second kappa shape index (κ2) is 5.34. The molecule has 0 unspecified atom stereocenters. The molecule has 2 fully saturated rings. The van der Waals surface area contributed by atoms with E-state index in [2.05, 4.69) is 0 Å². The molecule has 0 aliphatic heterocycles. The van der Waals surface area contributed by atoms with Crippen LogP contribution < -0.4 is 0 Å². The van der Waals surface area contributed by atoms with Gasteiger partial charge in [-0.1, -0.05) is 32.1 Å². The Labute approximate surface area is 97.6 Å². The number of hydrogen-bond donors (Lipinski definition) is 0. The maximum atomic E-state index is 11.0. The van der Waals surface area contributed by atoms with Crippen molar-refractivity contribution >= 4 is 16.8 Å². The highest BCUT2D eigenvalue weighted by Gasteiger charge is 2.30. The minimum absolute atomic E-state index is 0.0999. The van der Waals surface area contributed by atoms with E-state index in [1.165, 1.54) is 44.9 Å². The summed E-state index contributed by atoms with van der Waals surface area (Å²) in [5.41, 5.74) is 0. The Morgan fingerprint density at radius 3 is 1.87 bits per heavy atom. The van der Waals surface area contributed by atoms with Crippen molar-refractivity contribution in [2.75, 3.05) is 0 Å². The summed E-state index contributed by atoms with van der Waals surface area (Å²) < 4.78 is 0. The van der Waals surface area contributed by atoms with E-state index < -0.39 is 0 Å². The molecule has 86 valence electrons. The van der Waals surface area contributed by atoms with Crippen LogP contribution in [0.4, 0.5) is 0 Å². The Balaban J connectivity index is 1.79. The van der Waals surface area contributed by atoms with Gasteiger partial charge in [0, 0.05) is 5.92 Å². The van der Waals surface area contributed by atoms with Crippen LogP contribution >= 0.6 is 11.6 Å². The molecule has 0 aromatic rings.